The van der Waals surface area contributed by atoms with Gasteiger partial charge in [0.1, 0.15) is 6.07 Å². The maximum absolute atomic E-state index is 12.5. The van der Waals surface area contributed by atoms with Gasteiger partial charge in [-0.05, 0) is 0 Å². The van der Waals surface area contributed by atoms with Crippen LogP contribution >= 0.6 is 11.8 Å². The van der Waals surface area contributed by atoms with Crippen molar-refractivity contribution in [3.8, 4) is 6.07 Å². The van der Waals surface area contributed by atoms with Crippen LogP contribution in [0.15, 0.2) is 22.2 Å². The van der Waals surface area contributed by atoms with Gasteiger partial charge in [0.15, 0.2) is 11.0 Å². The van der Waals surface area contributed by atoms with Crippen molar-refractivity contribution >= 4 is 29.5 Å². The average molecular weight is 388 g/mol. The number of piperazine rings is 1. The predicted molar refractivity (Wildman–Crippen MR) is 100 cm³/mol. The summed E-state index contributed by atoms with van der Waals surface area (Å²) in [5.74, 6) is 1.50. The highest BCUT2D eigenvalue weighted by Gasteiger charge is 2.26. The Morgan fingerprint density at radius 1 is 1.41 bits per heavy atom. The molecule has 1 saturated heterocycles. The third-order valence-corrected chi connectivity index (χ3v) is 5.08. The van der Waals surface area contributed by atoms with E-state index in [1.165, 1.54) is 11.8 Å². The fraction of sp³-hybridized carbons (Fsp3) is 0.438. The van der Waals surface area contributed by atoms with Crippen molar-refractivity contribution in [3.05, 3.63) is 24.2 Å². The summed E-state index contributed by atoms with van der Waals surface area (Å²) in [6, 6.07) is 2.04. The molecule has 2 N–H and O–H groups in total. The van der Waals surface area contributed by atoms with Gasteiger partial charge in [-0.3, -0.25) is 9.36 Å². The monoisotopic (exact) mass is 388 g/mol. The van der Waals surface area contributed by atoms with Crippen LogP contribution in [0.5, 0.6) is 0 Å². The Morgan fingerprint density at radius 3 is 2.81 bits per heavy atom. The van der Waals surface area contributed by atoms with Gasteiger partial charge in [-0.1, -0.05) is 17.8 Å². The number of anilines is 2. The van der Waals surface area contributed by atoms with Gasteiger partial charge in [0, 0.05) is 39.6 Å². The number of amides is 1. The first-order valence-corrected chi connectivity index (χ1v) is 9.34. The number of hydrogen-bond donors (Lipinski definition) is 1. The highest BCUT2D eigenvalue weighted by Crippen LogP contribution is 2.23. The van der Waals surface area contributed by atoms with E-state index in [9.17, 15) is 4.79 Å². The minimum Gasteiger partial charge on any atom is -0.424 e. The number of carbonyl (C=O) groups excluding carboxylic acids is 1. The highest BCUT2D eigenvalue weighted by molar-refractivity contribution is 7.99. The Labute approximate surface area is 160 Å². The Bertz CT molecular complexity index is 876. The van der Waals surface area contributed by atoms with E-state index in [-0.39, 0.29) is 17.4 Å². The number of aryl methyl sites for hydroxylation is 1. The van der Waals surface area contributed by atoms with Gasteiger partial charge in [-0.25, -0.2) is 4.98 Å². The van der Waals surface area contributed by atoms with Crippen LogP contribution in [-0.4, -0.2) is 62.5 Å². The summed E-state index contributed by atoms with van der Waals surface area (Å²) < 4.78 is 7.24. The maximum atomic E-state index is 12.5. The standard InChI is InChI=1S/C16H20N8O2S/c1-3-4-24-15(18)20-21-16(24)27-10-13(25)22-5-7-23(8-6-22)14-12(9-17)19-11(2)26-14/h3H,1,4-8,10H2,2H3,(H2,18,20). The smallest absolute Gasteiger partial charge is 0.234 e. The van der Waals surface area contributed by atoms with Crippen LogP contribution in [0.25, 0.3) is 0 Å². The van der Waals surface area contributed by atoms with Crippen LogP contribution in [0.2, 0.25) is 0 Å². The number of oxazole rings is 1. The Balaban J connectivity index is 1.54. The lowest BCUT2D eigenvalue weighted by Crippen LogP contribution is -2.49. The highest BCUT2D eigenvalue weighted by atomic mass is 32.2. The summed E-state index contributed by atoms with van der Waals surface area (Å²) in [6.07, 6.45) is 1.70. The molecule has 1 aliphatic rings. The molecule has 1 fully saturated rings. The third-order valence-electron chi connectivity index (χ3n) is 4.12. The van der Waals surface area contributed by atoms with E-state index in [1.54, 1.807) is 22.5 Å². The molecule has 2 aromatic rings. The lowest BCUT2D eigenvalue weighted by atomic mass is 10.3. The summed E-state index contributed by atoms with van der Waals surface area (Å²) in [7, 11) is 0. The van der Waals surface area contributed by atoms with Crippen LogP contribution in [0.4, 0.5) is 11.8 Å². The van der Waals surface area contributed by atoms with Gasteiger partial charge in [-0.2, -0.15) is 5.26 Å². The van der Waals surface area contributed by atoms with Crippen molar-refractivity contribution < 1.29 is 9.21 Å². The second-order valence-electron chi connectivity index (χ2n) is 5.90. The summed E-state index contributed by atoms with van der Waals surface area (Å²) in [4.78, 5) is 20.3. The zero-order chi connectivity index (χ0) is 19.4. The molecule has 0 radical (unpaired) electrons. The molecular formula is C16H20N8O2S. The summed E-state index contributed by atoms with van der Waals surface area (Å²) in [5, 5.41) is 17.6. The van der Waals surface area contributed by atoms with Gasteiger partial charge in [0.2, 0.25) is 23.4 Å². The topological polar surface area (TPSA) is 130 Å². The fourth-order valence-corrected chi connectivity index (χ4v) is 3.65. The molecule has 0 spiro atoms. The number of carbonyl (C=O) groups is 1. The summed E-state index contributed by atoms with van der Waals surface area (Å²) in [5.41, 5.74) is 6.04. The van der Waals surface area contributed by atoms with E-state index in [2.05, 4.69) is 21.8 Å². The van der Waals surface area contributed by atoms with Crippen LogP contribution in [0, 0.1) is 18.3 Å². The minimum absolute atomic E-state index is 0.0145. The SMILES string of the molecule is C=CCn1c(N)nnc1SCC(=O)N1CCN(c2oc(C)nc2C#N)CC1. The number of thioether (sulfide) groups is 1. The number of nitrogen functional groups attached to an aromatic ring is 1. The molecule has 27 heavy (non-hydrogen) atoms. The molecule has 10 nitrogen and oxygen atoms in total. The van der Waals surface area contributed by atoms with E-state index >= 15 is 0 Å². The van der Waals surface area contributed by atoms with Gasteiger partial charge in [0.05, 0.1) is 5.75 Å². The van der Waals surface area contributed by atoms with Crippen LogP contribution in [0.3, 0.4) is 0 Å². The molecule has 3 rings (SSSR count). The summed E-state index contributed by atoms with van der Waals surface area (Å²) >= 11 is 1.30. The summed E-state index contributed by atoms with van der Waals surface area (Å²) in [6.45, 7) is 8.14. The van der Waals surface area contributed by atoms with Crippen LogP contribution in [-0.2, 0) is 11.3 Å². The molecular weight excluding hydrogens is 368 g/mol. The number of nitrogens with zero attached hydrogens (tertiary/aromatic N) is 7. The van der Waals surface area contributed by atoms with Crippen molar-refractivity contribution in [1.29, 1.82) is 5.26 Å². The minimum atomic E-state index is 0.0145. The van der Waals surface area contributed by atoms with Crippen molar-refractivity contribution in [2.75, 3.05) is 42.6 Å². The first-order valence-electron chi connectivity index (χ1n) is 8.36. The molecule has 1 aliphatic heterocycles. The lowest BCUT2D eigenvalue weighted by Gasteiger charge is -2.34. The van der Waals surface area contributed by atoms with Gasteiger partial charge < -0.3 is 20.0 Å². The average Bonchev–Trinajstić information content (AvgIpc) is 3.23. The Hall–Kier alpha value is -3.00. The molecule has 0 saturated carbocycles. The van der Waals surface area contributed by atoms with E-state index in [0.717, 1.165) is 0 Å². The van der Waals surface area contributed by atoms with Crippen molar-refractivity contribution in [2.24, 2.45) is 0 Å². The second-order valence-corrected chi connectivity index (χ2v) is 6.84. The molecule has 11 heteroatoms. The normalized spacial score (nSPS) is 14.2. The zero-order valence-corrected chi connectivity index (χ0v) is 15.8. The number of nitriles is 1. The van der Waals surface area contributed by atoms with Gasteiger partial charge >= 0.3 is 0 Å². The van der Waals surface area contributed by atoms with Crippen molar-refractivity contribution in [2.45, 2.75) is 18.6 Å². The number of allylic oxidation sites excluding steroid dienone is 1. The number of rotatable bonds is 6. The second kappa shape index (κ2) is 8.13. The maximum Gasteiger partial charge on any atom is 0.234 e. The Morgan fingerprint density at radius 2 is 2.15 bits per heavy atom. The van der Waals surface area contributed by atoms with Gasteiger partial charge in [0.25, 0.3) is 0 Å². The predicted octanol–water partition coefficient (Wildman–Crippen LogP) is 0.655. The lowest BCUT2D eigenvalue weighted by molar-refractivity contribution is -0.128. The van der Waals surface area contributed by atoms with E-state index in [1.807, 2.05) is 11.0 Å². The van der Waals surface area contributed by atoms with Crippen LogP contribution < -0.4 is 10.6 Å². The largest absolute Gasteiger partial charge is 0.424 e. The molecule has 0 aliphatic carbocycles. The van der Waals surface area contributed by atoms with E-state index < -0.39 is 0 Å². The van der Waals surface area contributed by atoms with E-state index in [0.29, 0.717) is 55.6 Å². The molecule has 142 valence electrons. The number of nitrogens with two attached hydrogens (primary N) is 1. The third kappa shape index (κ3) is 4.06. The van der Waals surface area contributed by atoms with E-state index in [4.69, 9.17) is 15.4 Å². The molecule has 1 amide bonds. The molecule has 0 aromatic carbocycles. The molecule has 3 heterocycles. The first kappa shape index (κ1) is 18.8. The van der Waals surface area contributed by atoms with Gasteiger partial charge in [-0.15, -0.1) is 16.8 Å². The fourth-order valence-electron chi connectivity index (χ4n) is 2.79. The van der Waals surface area contributed by atoms with Crippen LogP contribution in [0.1, 0.15) is 11.6 Å². The Kier molecular flexibility index (Phi) is 5.66. The molecule has 2 aromatic heterocycles. The molecule has 0 bridgehead atoms. The molecule has 0 atom stereocenters. The number of hydrogen-bond acceptors (Lipinski definition) is 9. The molecule has 0 unspecified atom stereocenters. The zero-order valence-electron chi connectivity index (χ0n) is 15.0. The quantitative estimate of drug-likeness (QED) is 0.560. The van der Waals surface area contributed by atoms with Crippen molar-refractivity contribution in [3.63, 3.8) is 0 Å². The first-order chi connectivity index (χ1) is 13.0. The number of aromatic nitrogens is 4. The van der Waals surface area contributed by atoms with Crippen molar-refractivity contribution in [1.82, 2.24) is 24.6 Å².